The predicted octanol–water partition coefficient (Wildman–Crippen LogP) is 7.16. The van der Waals surface area contributed by atoms with Gasteiger partial charge in [-0.2, -0.15) is 0 Å². The summed E-state index contributed by atoms with van der Waals surface area (Å²) in [6.45, 7) is 2.25. The molecular formula is C23H25F. The Morgan fingerprint density at radius 3 is 2.29 bits per heavy atom. The molecular weight excluding hydrogens is 295 g/mol. The van der Waals surface area contributed by atoms with Crippen molar-refractivity contribution >= 4 is 10.8 Å². The van der Waals surface area contributed by atoms with E-state index in [1.165, 1.54) is 54.5 Å². The summed E-state index contributed by atoms with van der Waals surface area (Å²) in [5.41, 5.74) is 3.41. The van der Waals surface area contributed by atoms with Crippen LogP contribution in [0.3, 0.4) is 0 Å². The Kier molecular flexibility index (Phi) is 5.63. The van der Waals surface area contributed by atoms with Crippen LogP contribution in [-0.2, 0) is 6.42 Å². The van der Waals surface area contributed by atoms with Gasteiger partial charge in [-0.25, -0.2) is 4.39 Å². The Morgan fingerprint density at radius 2 is 1.46 bits per heavy atom. The number of hydrogen-bond acceptors (Lipinski definition) is 0. The molecule has 0 spiro atoms. The summed E-state index contributed by atoms with van der Waals surface area (Å²) in [6.07, 6.45) is 7.74. The smallest absolute Gasteiger partial charge is 0.123 e. The van der Waals surface area contributed by atoms with Crippen LogP contribution >= 0.6 is 0 Å². The lowest BCUT2D eigenvalue weighted by Crippen LogP contribution is -1.87. The van der Waals surface area contributed by atoms with Crippen molar-refractivity contribution in [2.24, 2.45) is 0 Å². The van der Waals surface area contributed by atoms with Gasteiger partial charge < -0.3 is 0 Å². The highest BCUT2D eigenvalue weighted by atomic mass is 19.1. The van der Waals surface area contributed by atoms with Crippen molar-refractivity contribution in [1.29, 1.82) is 0 Å². The van der Waals surface area contributed by atoms with E-state index in [0.29, 0.717) is 0 Å². The van der Waals surface area contributed by atoms with Crippen LogP contribution < -0.4 is 0 Å². The minimum absolute atomic E-state index is 0.189. The predicted molar refractivity (Wildman–Crippen MR) is 102 cm³/mol. The SMILES string of the molecule is CCCCCCCc1ccc2cc(-c3cccc(F)c3)ccc2c1. The first-order valence-electron chi connectivity index (χ1n) is 9.05. The number of aryl methyl sites for hydroxylation is 1. The van der Waals surface area contributed by atoms with Gasteiger partial charge in [0.15, 0.2) is 0 Å². The molecule has 0 aliphatic heterocycles. The summed E-state index contributed by atoms with van der Waals surface area (Å²) in [6, 6.07) is 19.9. The fourth-order valence-corrected chi connectivity index (χ4v) is 3.23. The summed E-state index contributed by atoms with van der Waals surface area (Å²) >= 11 is 0. The lowest BCUT2D eigenvalue weighted by atomic mass is 9.98. The molecule has 0 amide bonds. The van der Waals surface area contributed by atoms with Crippen molar-refractivity contribution < 1.29 is 4.39 Å². The van der Waals surface area contributed by atoms with E-state index in [1.54, 1.807) is 12.1 Å². The number of fused-ring (bicyclic) bond motifs is 1. The number of unbranched alkanes of at least 4 members (excludes halogenated alkanes) is 4. The van der Waals surface area contributed by atoms with Crippen molar-refractivity contribution in [3.05, 3.63) is 72.0 Å². The molecule has 0 fully saturated rings. The van der Waals surface area contributed by atoms with E-state index in [9.17, 15) is 4.39 Å². The molecule has 0 saturated heterocycles. The maximum Gasteiger partial charge on any atom is 0.123 e. The van der Waals surface area contributed by atoms with Crippen molar-refractivity contribution in [1.82, 2.24) is 0 Å². The second kappa shape index (κ2) is 8.10. The monoisotopic (exact) mass is 320 g/mol. The molecule has 3 rings (SSSR count). The highest BCUT2D eigenvalue weighted by Crippen LogP contribution is 2.26. The Hall–Kier alpha value is -2.15. The van der Waals surface area contributed by atoms with Crippen molar-refractivity contribution in [3.63, 3.8) is 0 Å². The van der Waals surface area contributed by atoms with E-state index >= 15 is 0 Å². The first kappa shape index (κ1) is 16.7. The fourth-order valence-electron chi connectivity index (χ4n) is 3.23. The van der Waals surface area contributed by atoms with Crippen molar-refractivity contribution in [2.45, 2.75) is 45.4 Å². The van der Waals surface area contributed by atoms with Gasteiger partial charge >= 0.3 is 0 Å². The summed E-state index contributed by atoms with van der Waals surface area (Å²) < 4.78 is 13.4. The van der Waals surface area contributed by atoms with Crippen LogP contribution in [0.15, 0.2) is 60.7 Å². The molecule has 0 heterocycles. The number of halogens is 1. The molecule has 0 unspecified atom stereocenters. The first-order chi connectivity index (χ1) is 11.8. The molecule has 0 atom stereocenters. The molecule has 24 heavy (non-hydrogen) atoms. The molecule has 0 nitrogen and oxygen atoms in total. The van der Waals surface area contributed by atoms with Crippen molar-refractivity contribution in [3.8, 4) is 11.1 Å². The number of hydrogen-bond donors (Lipinski definition) is 0. The molecule has 0 saturated carbocycles. The minimum atomic E-state index is -0.189. The zero-order chi connectivity index (χ0) is 16.8. The quantitative estimate of drug-likeness (QED) is 0.405. The van der Waals surface area contributed by atoms with Crippen LogP contribution in [0.25, 0.3) is 21.9 Å². The van der Waals surface area contributed by atoms with Gasteiger partial charge in [-0.1, -0.05) is 75.1 Å². The van der Waals surface area contributed by atoms with Crippen LogP contribution in [0.5, 0.6) is 0 Å². The highest BCUT2D eigenvalue weighted by molar-refractivity contribution is 5.87. The van der Waals surface area contributed by atoms with E-state index in [2.05, 4.69) is 43.3 Å². The average molecular weight is 320 g/mol. The second-order valence-electron chi connectivity index (χ2n) is 6.57. The van der Waals surface area contributed by atoms with E-state index < -0.39 is 0 Å². The Bertz CT molecular complexity index is 804. The minimum Gasteiger partial charge on any atom is -0.207 e. The molecule has 0 N–H and O–H groups in total. The Balaban J connectivity index is 1.74. The van der Waals surface area contributed by atoms with Gasteiger partial charge in [0.1, 0.15) is 5.82 Å². The maximum absolute atomic E-state index is 13.4. The Labute approximate surface area is 144 Å². The number of benzene rings is 3. The Morgan fingerprint density at radius 1 is 0.708 bits per heavy atom. The largest absolute Gasteiger partial charge is 0.207 e. The van der Waals surface area contributed by atoms with Crippen LogP contribution in [0.2, 0.25) is 0 Å². The highest BCUT2D eigenvalue weighted by Gasteiger charge is 2.02. The molecule has 0 aromatic heterocycles. The van der Waals surface area contributed by atoms with Crippen LogP contribution in [0, 0.1) is 5.82 Å². The van der Waals surface area contributed by atoms with Crippen LogP contribution in [-0.4, -0.2) is 0 Å². The summed E-state index contributed by atoms with van der Waals surface area (Å²) in [5, 5.41) is 2.48. The van der Waals surface area contributed by atoms with Gasteiger partial charge in [0, 0.05) is 0 Å². The molecule has 3 aromatic rings. The second-order valence-corrected chi connectivity index (χ2v) is 6.57. The lowest BCUT2D eigenvalue weighted by Gasteiger charge is -2.07. The zero-order valence-electron chi connectivity index (χ0n) is 14.4. The normalized spacial score (nSPS) is 11.1. The van der Waals surface area contributed by atoms with Crippen LogP contribution in [0.4, 0.5) is 4.39 Å². The topological polar surface area (TPSA) is 0 Å². The standard InChI is InChI=1S/C23H25F/c1-2-3-4-5-6-8-18-11-12-21-16-22(14-13-20(21)15-18)19-9-7-10-23(24)17-19/h7,9-17H,2-6,8H2,1H3. The van der Waals surface area contributed by atoms with Gasteiger partial charge in [0.05, 0.1) is 0 Å². The van der Waals surface area contributed by atoms with Gasteiger partial charge in [-0.05, 0) is 58.5 Å². The van der Waals surface area contributed by atoms with E-state index in [0.717, 1.165) is 17.5 Å². The van der Waals surface area contributed by atoms with E-state index in [4.69, 9.17) is 0 Å². The molecule has 0 aliphatic rings. The van der Waals surface area contributed by atoms with Gasteiger partial charge in [0.2, 0.25) is 0 Å². The summed E-state index contributed by atoms with van der Waals surface area (Å²) in [5.74, 6) is -0.189. The van der Waals surface area contributed by atoms with Crippen LogP contribution in [0.1, 0.15) is 44.6 Å². The zero-order valence-corrected chi connectivity index (χ0v) is 14.4. The van der Waals surface area contributed by atoms with Crippen molar-refractivity contribution in [2.75, 3.05) is 0 Å². The van der Waals surface area contributed by atoms with Gasteiger partial charge in [-0.3, -0.25) is 0 Å². The van der Waals surface area contributed by atoms with E-state index in [-0.39, 0.29) is 5.82 Å². The number of rotatable bonds is 7. The maximum atomic E-state index is 13.4. The third kappa shape index (κ3) is 4.23. The fraction of sp³-hybridized carbons (Fsp3) is 0.304. The van der Waals surface area contributed by atoms with Gasteiger partial charge in [0.25, 0.3) is 0 Å². The summed E-state index contributed by atoms with van der Waals surface area (Å²) in [4.78, 5) is 0. The third-order valence-corrected chi connectivity index (χ3v) is 4.63. The average Bonchev–Trinajstić information content (AvgIpc) is 2.61. The third-order valence-electron chi connectivity index (χ3n) is 4.63. The molecule has 1 heteroatoms. The lowest BCUT2D eigenvalue weighted by molar-refractivity contribution is 0.628. The summed E-state index contributed by atoms with van der Waals surface area (Å²) in [7, 11) is 0. The molecule has 3 aromatic carbocycles. The first-order valence-corrected chi connectivity index (χ1v) is 9.05. The molecule has 0 bridgehead atoms. The molecule has 124 valence electrons. The molecule has 0 radical (unpaired) electrons. The van der Waals surface area contributed by atoms with Gasteiger partial charge in [-0.15, -0.1) is 0 Å². The molecule has 0 aliphatic carbocycles. The van der Waals surface area contributed by atoms with E-state index in [1.807, 2.05) is 6.07 Å².